The fourth-order valence-corrected chi connectivity index (χ4v) is 8.41. The number of aromatic nitrogens is 1. The topological polar surface area (TPSA) is 115 Å². The Morgan fingerprint density at radius 2 is 1.72 bits per heavy atom. The van der Waals surface area contributed by atoms with Gasteiger partial charge in [-0.2, -0.15) is 13.2 Å². The van der Waals surface area contributed by atoms with Gasteiger partial charge < -0.3 is 29.7 Å². The Morgan fingerprint density at radius 3 is 2.38 bits per heavy atom. The number of methoxy groups -OCH3 is 1. The molecule has 4 heterocycles. The molecule has 1 saturated carbocycles. The van der Waals surface area contributed by atoms with Crippen LogP contribution in [-0.4, -0.2) is 83.1 Å². The fraction of sp³-hybridized carbons (Fsp3) is 0.514. The summed E-state index contributed by atoms with van der Waals surface area (Å²) in [6, 6.07) is 10.5. The van der Waals surface area contributed by atoms with Crippen molar-refractivity contribution in [2.45, 2.75) is 63.7 Å². The second-order valence-corrected chi connectivity index (χ2v) is 14.0. The number of hydrogen-bond acceptors (Lipinski definition) is 5. The Labute approximate surface area is 288 Å². The van der Waals surface area contributed by atoms with Gasteiger partial charge in [-0.3, -0.25) is 19.2 Å². The van der Waals surface area contributed by atoms with E-state index in [1.54, 1.807) is 16.9 Å². The van der Waals surface area contributed by atoms with E-state index in [1.165, 1.54) is 12.1 Å². The minimum atomic E-state index is -4.51. The van der Waals surface area contributed by atoms with Gasteiger partial charge in [-0.1, -0.05) is 19.1 Å². The maximum absolute atomic E-state index is 14.7. The molecule has 3 atom stereocenters. The van der Waals surface area contributed by atoms with Crippen LogP contribution in [0.15, 0.2) is 42.5 Å². The molecule has 4 amide bonds. The van der Waals surface area contributed by atoms with E-state index in [0.29, 0.717) is 56.9 Å². The molecule has 7 rings (SSSR count). The molecule has 4 aliphatic rings. The smallest absolute Gasteiger partial charge is 0.416 e. The zero-order valence-electron chi connectivity index (χ0n) is 28.3. The van der Waals surface area contributed by atoms with Crippen molar-refractivity contribution in [2.75, 3.05) is 39.8 Å². The normalized spacial score (nSPS) is 23.8. The number of aromatic amines is 1. The zero-order chi connectivity index (χ0) is 35.4. The van der Waals surface area contributed by atoms with Gasteiger partial charge in [0, 0.05) is 74.1 Å². The van der Waals surface area contributed by atoms with Crippen molar-refractivity contribution in [1.29, 1.82) is 0 Å². The number of piperidine rings is 1. The number of benzene rings is 2. The lowest BCUT2D eigenvalue weighted by atomic mass is 9.65. The maximum Gasteiger partial charge on any atom is 0.416 e. The maximum atomic E-state index is 14.7. The van der Waals surface area contributed by atoms with Crippen LogP contribution in [0.2, 0.25) is 0 Å². The van der Waals surface area contributed by atoms with Crippen LogP contribution in [-0.2, 0) is 43.9 Å². The third kappa shape index (κ3) is 5.98. The summed E-state index contributed by atoms with van der Waals surface area (Å²) in [7, 11) is 1.61. The van der Waals surface area contributed by atoms with Crippen molar-refractivity contribution in [2.24, 2.45) is 17.8 Å². The molecule has 0 radical (unpaired) electrons. The molecule has 3 aliphatic heterocycles. The lowest BCUT2D eigenvalue weighted by Gasteiger charge is -2.56. The van der Waals surface area contributed by atoms with Gasteiger partial charge in [0.15, 0.2) is 0 Å². The highest BCUT2D eigenvalue weighted by molar-refractivity contribution is 5.93. The number of carbonyl (C=O) groups excluding carboxylic acids is 4. The summed E-state index contributed by atoms with van der Waals surface area (Å²) in [5.41, 5.74) is 1.25. The number of H-pyrrole nitrogens is 1. The fourth-order valence-electron chi connectivity index (χ4n) is 8.41. The predicted octanol–water partition coefficient (Wildman–Crippen LogP) is 4.61. The summed E-state index contributed by atoms with van der Waals surface area (Å²) in [6.07, 6.45) is -1.73. The lowest BCUT2D eigenvalue weighted by Crippen LogP contribution is -2.66. The summed E-state index contributed by atoms with van der Waals surface area (Å²) in [5.74, 6) is -1.32. The number of nitrogens with zero attached hydrogens (tertiary/aromatic N) is 3. The van der Waals surface area contributed by atoms with E-state index in [2.05, 4.69) is 10.3 Å². The van der Waals surface area contributed by atoms with Gasteiger partial charge in [0.1, 0.15) is 5.75 Å². The first-order valence-electron chi connectivity index (χ1n) is 17.5. The number of rotatable bonds is 8. The Hall–Kier alpha value is -4.55. The molecule has 3 fully saturated rings. The number of nitrogens with one attached hydrogen (secondary N) is 2. The monoisotopic (exact) mass is 693 g/mol. The molecular weight excluding hydrogens is 651 g/mol. The van der Waals surface area contributed by atoms with Gasteiger partial charge >= 0.3 is 6.18 Å². The van der Waals surface area contributed by atoms with Gasteiger partial charge in [0.2, 0.25) is 23.6 Å². The molecule has 1 aliphatic carbocycles. The first kappa shape index (κ1) is 33.9. The van der Waals surface area contributed by atoms with E-state index in [-0.39, 0.29) is 43.0 Å². The Bertz CT molecular complexity index is 1830. The number of ether oxygens (including phenoxy) is 1. The van der Waals surface area contributed by atoms with Crippen molar-refractivity contribution >= 4 is 34.5 Å². The van der Waals surface area contributed by atoms with Gasteiger partial charge in [0.25, 0.3) is 0 Å². The summed E-state index contributed by atoms with van der Waals surface area (Å²) in [5, 5.41) is 3.67. The standard InChI is InChI=1S/C37H42F3N5O5/c1-3-36-29(35(49)44-15-13-43(14-16-44)33(47)23-7-8-23)18-24(19-31(46)41-21-22-5-4-6-25(17-22)37(38,39)40)34(48)45(36)12-11-27-28-20-26(50-2)9-10-30(28)42-32(27)36/h4-6,9-10,17,20,23-24,29,42H,3,7-8,11-16,18-19,21H2,1-2H3,(H,41,46)/t24?,29-,36+/m1/s1. The molecule has 0 spiro atoms. The van der Waals surface area contributed by atoms with Crippen molar-refractivity contribution in [3.63, 3.8) is 0 Å². The molecule has 2 aromatic carbocycles. The second-order valence-electron chi connectivity index (χ2n) is 14.0. The van der Waals surface area contributed by atoms with Crippen LogP contribution >= 0.6 is 0 Å². The van der Waals surface area contributed by atoms with Crippen LogP contribution in [0.25, 0.3) is 10.9 Å². The Kier molecular flexibility index (Phi) is 8.80. The van der Waals surface area contributed by atoms with Crippen LogP contribution in [0.1, 0.15) is 61.4 Å². The van der Waals surface area contributed by atoms with Crippen molar-refractivity contribution in [3.05, 3.63) is 64.8 Å². The Morgan fingerprint density at radius 1 is 1.00 bits per heavy atom. The quantitative estimate of drug-likeness (QED) is 0.358. The van der Waals surface area contributed by atoms with E-state index in [1.807, 2.05) is 30.0 Å². The number of carbonyl (C=O) groups is 4. The Balaban J connectivity index is 1.17. The second kappa shape index (κ2) is 13.0. The van der Waals surface area contributed by atoms with E-state index < -0.39 is 35.0 Å². The average Bonchev–Trinajstić information content (AvgIpc) is 3.91. The van der Waals surface area contributed by atoms with Gasteiger partial charge in [-0.25, -0.2) is 0 Å². The summed E-state index contributed by atoms with van der Waals surface area (Å²) < 4.78 is 45.2. The molecule has 2 saturated heterocycles. The average molecular weight is 694 g/mol. The lowest BCUT2D eigenvalue weighted by molar-refractivity contribution is -0.168. The molecule has 266 valence electrons. The largest absolute Gasteiger partial charge is 0.497 e. The SMILES string of the molecule is CC[C@]12c3[nH]c4ccc(OC)cc4c3CCN1C(=O)C(CC(=O)NCc1cccc(C(F)(F)F)c1)C[C@@H]2C(=O)N1CCN(C(=O)C2CC2)CC1. The van der Waals surface area contributed by atoms with Gasteiger partial charge in [-0.15, -0.1) is 0 Å². The van der Waals surface area contributed by atoms with E-state index in [9.17, 15) is 32.3 Å². The first-order valence-corrected chi connectivity index (χ1v) is 17.5. The number of hydrogen-bond donors (Lipinski definition) is 2. The predicted molar refractivity (Wildman–Crippen MR) is 178 cm³/mol. The van der Waals surface area contributed by atoms with Crippen LogP contribution in [0.4, 0.5) is 13.2 Å². The van der Waals surface area contributed by atoms with Gasteiger partial charge in [-0.05, 0) is 73.6 Å². The molecule has 0 bridgehead atoms. The van der Waals surface area contributed by atoms with E-state index in [0.717, 1.165) is 47.1 Å². The van der Waals surface area contributed by atoms with Crippen LogP contribution in [0, 0.1) is 17.8 Å². The summed E-state index contributed by atoms with van der Waals surface area (Å²) >= 11 is 0. The third-order valence-corrected chi connectivity index (χ3v) is 11.2. The highest BCUT2D eigenvalue weighted by Gasteiger charge is 2.59. The van der Waals surface area contributed by atoms with Crippen molar-refractivity contribution < 1.29 is 37.1 Å². The molecule has 2 N–H and O–H groups in total. The molecule has 1 aromatic heterocycles. The number of fused-ring (bicyclic) bond motifs is 5. The molecule has 1 unspecified atom stereocenters. The molecule has 13 heteroatoms. The highest BCUT2D eigenvalue weighted by Crippen LogP contribution is 2.52. The molecule has 50 heavy (non-hydrogen) atoms. The van der Waals surface area contributed by atoms with Crippen LogP contribution in [0.3, 0.4) is 0 Å². The van der Waals surface area contributed by atoms with Crippen molar-refractivity contribution in [3.8, 4) is 5.75 Å². The minimum absolute atomic E-state index is 0.0975. The van der Waals surface area contributed by atoms with Crippen molar-refractivity contribution in [1.82, 2.24) is 25.0 Å². The van der Waals surface area contributed by atoms with Crippen LogP contribution < -0.4 is 10.1 Å². The van der Waals surface area contributed by atoms with E-state index >= 15 is 0 Å². The third-order valence-electron chi connectivity index (χ3n) is 11.2. The number of halogens is 3. The summed E-state index contributed by atoms with van der Waals surface area (Å²) in [4.78, 5) is 64.2. The van der Waals surface area contributed by atoms with Crippen LogP contribution in [0.5, 0.6) is 5.75 Å². The van der Waals surface area contributed by atoms with Gasteiger partial charge in [0.05, 0.1) is 24.1 Å². The molecular formula is C37H42F3N5O5. The number of alkyl halides is 3. The first-order chi connectivity index (χ1) is 23.9. The highest BCUT2D eigenvalue weighted by atomic mass is 19.4. The minimum Gasteiger partial charge on any atom is -0.497 e. The number of piperazine rings is 1. The zero-order valence-corrected chi connectivity index (χ0v) is 28.3. The summed E-state index contributed by atoms with van der Waals surface area (Å²) in [6.45, 7) is 3.90. The molecule has 3 aromatic rings. The molecule has 10 nitrogen and oxygen atoms in total. The number of amides is 4. The van der Waals surface area contributed by atoms with E-state index in [4.69, 9.17) is 4.74 Å².